The normalized spacial score (nSPS) is 19.3. The largest absolute Gasteiger partial charge is 0.368 e. The molecule has 0 N–H and O–H groups in total. The Hall–Kier alpha value is -1.82. The highest BCUT2D eigenvalue weighted by molar-refractivity contribution is 5.94. The molecule has 1 atom stereocenters. The zero-order chi connectivity index (χ0) is 13.0. The summed E-state index contributed by atoms with van der Waals surface area (Å²) < 4.78 is 0. The van der Waals surface area contributed by atoms with Gasteiger partial charge in [0.1, 0.15) is 0 Å². The van der Waals surface area contributed by atoms with Crippen LogP contribution in [0.4, 0.5) is 5.69 Å². The van der Waals surface area contributed by atoms with Gasteiger partial charge in [0, 0.05) is 23.8 Å². The van der Waals surface area contributed by atoms with Gasteiger partial charge in [-0.1, -0.05) is 0 Å². The number of anilines is 1. The highest BCUT2D eigenvalue weighted by Gasteiger charge is 2.22. The summed E-state index contributed by atoms with van der Waals surface area (Å²) in [5, 5.41) is 8.88. The van der Waals surface area contributed by atoms with Crippen LogP contribution in [0.2, 0.25) is 0 Å². The van der Waals surface area contributed by atoms with Gasteiger partial charge in [0.15, 0.2) is 5.78 Å². The minimum atomic E-state index is 0.0915. The van der Waals surface area contributed by atoms with Crippen LogP contribution in [0.5, 0.6) is 0 Å². The first kappa shape index (κ1) is 12.6. The number of carbonyl (C=O) groups is 1. The van der Waals surface area contributed by atoms with Crippen molar-refractivity contribution in [2.24, 2.45) is 0 Å². The van der Waals surface area contributed by atoms with E-state index in [0.717, 1.165) is 24.2 Å². The maximum Gasteiger partial charge on any atom is 0.159 e. The molecule has 3 nitrogen and oxygen atoms in total. The number of benzene rings is 1. The third-order valence-electron chi connectivity index (χ3n) is 3.56. The molecule has 1 aromatic rings. The highest BCUT2D eigenvalue weighted by Crippen LogP contribution is 2.26. The van der Waals surface area contributed by atoms with Gasteiger partial charge in [-0.15, -0.1) is 0 Å². The Labute approximate surface area is 108 Å². The molecule has 1 aliphatic rings. The van der Waals surface area contributed by atoms with Crippen molar-refractivity contribution in [2.75, 3.05) is 11.4 Å². The maximum atomic E-state index is 11.2. The molecular formula is C15H18N2O. The highest BCUT2D eigenvalue weighted by atomic mass is 16.1. The maximum absolute atomic E-state index is 11.2. The second-order valence-electron chi connectivity index (χ2n) is 4.81. The summed E-state index contributed by atoms with van der Waals surface area (Å²) in [5.41, 5.74) is 1.87. The smallest absolute Gasteiger partial charge is 0.159 e. The molecule has 0 saturated carbocycles. The van der Waals surface area contributed by atoms with Gasteiger partial charge in [-0.2, -0.15) is 5.26 Å². The van der Waals surface area contributed by atoms with Gasteiger partial charge in [0.2, 0.25) is 0 Å². The molecule has 0 spiro atoms. The molecule has 1 fully saturated rings. The van der Waals surface area contributed by atoms with Gasteiger partial charge in [-0.3, -0.25) is 4.79 Å². The van der Waals surface area contributed by atoms with Crippen molar-refractivity contribution in [2.45, 2.75) is 38.6 Å². The first-order chi connectivity index (χ1) is 8.72. The van der Waals surface area contributed by atoms with Crippen LogP contribution >= 0.6 is 0 Å². The van der Waals surface area contributed by atoms with Crippen molar-refractivity contribution in [3.05, 3.63) is 29.8 Å². The van der Waals surface area contributed by atoms with Crippen molar-refractivity contribution in [1.82, 2.24) is 0 Å². The Bertz CT molecular complexity index is 458. The molecule has 1 unspecified atom stereocenters. The number of rotatable bonds is 3. The second-order valence-corrected chi connectivity index (χ2v) is 4.81. The van der Waals surface area contributed by atoms with Crippen molar-refractivity contribution >= 4 is 11.5 Å². The lowest BCUT2D eigenvalue weighted by atomic mass is 9.98. The number of hydrogen-bond donors (Lipinski definition) is 0. The number of carbonyl (C=O) groups excluding carboxylic acids is 1. The van der Waals surface area contributed by atoms with Gasteiger partial charge in [0.05, 0.1) is 12.5 Å². The van der Waals surface area contributed by atoms with E-state index in [1.54, 1.807) is 6.92 Å². The molecule has 0 aromatic heterocycles. The lowest BCUT2D eigenvalue weighted by Crippen LogP contribution is -2.39. The predicted octanol–water partition coefficient (Wildman–Crippen LogP) is 3.16. The summed E-state index contributed by atoms with van der Waals surface area (Å²) in [4.78, 5) is 13.5. The first-order valence-electron chi connectivity index (χ1n) is 6.47. The third-order valence-corrected chi connectivity index (χ3v) is 3.56. The summed E-state index contributed by atoms with van der Waals surface area (Å²) in [6.45, 7) is 2.58. The van der Waals surface area contributed by atoms with E-state index < -0.39 is 0 Å². The minimum Gasteiger partial charge on any atom is -0.368 e. The minimum absolute atomic E-state index is 0.0915. The number of nitriles is 1. The van der Waals surface area contributed by atoms with E-state index in [0.29, 0.717) is 12.5 Å². The molecule has 18 heavy (non-hydrogen) atoms. The molecule has 1 aliphatic heterocycles. The Balaban J connectivity index is 2.18. The molecular weight excluding hydrogens is 224 g/mol. The molecule has 1 saturated heterocycles. The van der Waals surface area contributed by atoms with Crippen molar-refractivity contribution in [3.63, 3.8) is 0 Å². The number of piperidine rings is 1. The van der Waals surface area contributed by atoms with Crippen LogP contribution in [0, 0.1) is 11.3 Å². The van der Waals surface area contributed by atoms with Gasteiger partial charge >= 0.3 is 0 Å². The topological polar surface area (TPSA) is 44.1 Å². The number of hydrogen-bond acceptors (Lipinski definition) is 3. The molecule has 1 heterocycles. The van der Waals surface area contributed by atoms with Crippen molar-refractivity contribution < 1.29 is 4.79 Å². The number of Topliss-reactive ketones (excluding diaryl/α,β-unsaturated/α-hetero) is 1. The third kappa shape index (κ3) is 2.70. The molecule has 2 rings (SSSR count). The SMILES string of the molecule is CC(=O)c1ccc(N2CCCCC2CC#N)cc1. The lowest BCUT2D eigenvalue weighted by molar-refractivity contribution is 0.101. The Morgan fingerprint density at radius 2 is 2.11 bits per heavy atom. The molecule has 0 amide bonds. The number of ketones is 1. The van der Waals surface area contributed by atoms with E-state index in [1.165, 1.54) is 12.8 Å². The lowest BCUT2D eigenvalue weighted by Gasteiger charge is -2.36. The molecule has 0 radical (unpaired) electrons. The van der Waals surface area contributed by atoms with Crippen LogP contribution in [0.3, 0.4) is 0 Å². The quantitative estimate of drug-likeness (QED) is 0.765. The molecule has 0 bridgehead atoms. The van der Waals surface area contributed by atoms with Gasteiger partial charge in [-0.25, -0.2) is 0 Å². The van der Waals surface area contributed by atoms with Crippen LogP contribution in [0.1, 0.15) is 43.0 Å². The summed E-state index contributed by atoms with van der Waals surface area (Å²) in [5.74, 6) is 0.0915. The summed E-state index contributed by atoms with van der Waals surface area (Å²) >= 11 is 0. The molecule has 94 valence electrons. The zero-order valence-electron chi connectivity index (χ0n) is 10.7. The van der Waals surface area contributed by atoms with Crippen LogP contribution in [-0.2, 0) is 0 Å². The number of nitrogens with zero attached hydrogens (tertiary/aromatic N) is 2. The molecule has 3 heteroatoms. The average Bonchev–Trinajstić information content (AvgIpc) is 2.40. The average molecular weight is 242 g/mol. The van der Waals surface area contributed by atoms with E-state index in [9.17, 15) is 4.79 Å². The zero-order valence-corrected chi connectivity index (χ0v) is 10.7. The fourth-order valence-corrected chi connectivity index (χ4v) is 2.55. The van der Waals surface area contributed by atoms with Crippen LogP contribution in [0.15, 0.2) is 24.3 Å². The monoisotopic (exact) mass is 242 g/mol. The first-order valence-corrected chi connectivity index (χ1v) is 6.47. The van der Waals surface area contributed by atoms with Crippen LogP contribution in [-0.4, -0.2) is 18.4 Å². The van der Waals surface area contributed by atoms with E-state index >= 15 is 0 Å². The van der Waals surface area contributed by atoms with Gasteiger partial charge in [0.25, 0.3) is 0 Å². The standard InChI is InChI=1S/C15H18N2O/c1-12(18)13-5-7-15(8-6-13)17-11-3-2-4-14(17)9-10-16/h5-8,14H,2-4,9,11H2,1H3. The van der Waals surface area contributed by atoms with Gasteiger partial charge < -0.3 is 4.90 Å². The van der Waals surface area contributed by atoms with E-state index in [-0.39, 0.29) is 5.78 Å². The predicted molar refractivity (Wildman–Crippen MR) is 71.7 cm³/mol. The van der Waals surface area contributed by atoms with Crippen molar-refractivity contribution in [1.29, 1.82) is 5.26 Å². The summed E-state index contributed by atoms with van der Waals surface area (Å²) in [7, 11) is 0. The molecule has 1 aromatic carbocycles. The molecule has 0 aliphatic carbocycles. The fourth-order valence-electron chi connectivity index (χ4n) is 2.55. The van der Waals surface area contributed by atoms with E-state index in [1.807, 2.05) is 24.3 Å². The fraction of sp³-hybridized carbons (Fsp3) is 0.467. The van der Waals surface area contributed by atoms with E-state index in [4.69, 9.17) is 5.26 Å². The summed E-state index contributed by atoms with van der Waals surface area (Å²) in [6.07, 6.45) is 4.04. The van der Waals surface area contributed by atoms with E-state index in [2.05, 4.69) is 11.0 Å². The summed E-state index contributed by atoms with van der Waals surface area (Å²) in [6, 6.07) is 10.3. The Morgan fingerprint density at radius 1 is 1.39 bits per heavy atom. The van der Waals surface area contributed by atoms with Crippen molar-refractivity contribution in [3.8, 4) is 6.07 Å². The van der Waals surface area contributed by atoms with Crippen LogP contribution in [0.25, 0.3) is 0 Å². The second kappa shape index (κ2) is 5.68. The van der Waals surface area contributed by atoms with Gasteiger partial charge in [-0.05, 0) is 50.5 Å². The Morgan fingerprint density at radius 3 is 2.72 bits per heavy atom. The van der Waals surface area contributed by atoms with Crippen LogP contribution < -0.4 is 4.90 Å². The Kier molecular flexibility index (Phi) is 3.99.